The van der Waals surface area contributed by atoms with Crippen LogP contribution in [0.15, 0.2) is 24.4 Å². The predicted molar refractivity (Wildman–Crippen MR) is 76.9 cm³/mol. The highest BCUT2D eigenvalue weighted by Crippen LogP contribution is 2.38. The molecule has 0 spiro atoms. The van der Waals surface area contributed by atoms with Gasteiger partial charge in [0.25, 0.3) is 0 Å². The lowest BCUT2D eigenvalue weighted by atomic mass is 10.1. The zero-order valence-electron chi connectivity index (χ0n) is 11.5. The van der Waals surface area contributed by atoms with Crippen LogP contribution in [-0.2, 0) is 4.74 Å². The van der Waals surface area contributed by atoms with E-state index in [1.807, 2.05) is 18.2 Å². The van der Waals surface area contributed by atoms with Crippen LogP contribution in [0.3, 0.4) is 0 Å². The molecule has 1 N–H and O–H groups in total. The van der Waals surface area contributed by atoms with Gasteiger partial charge in [0.1, 0.15) is 5.82 Å². The Bertz CT molecular complexity index is 676. The fourth-order valence-corrected chi connectivity index (χ4v) is 2.82. The number of aromatic nitrogens is 1. The number of hydrogen-bond acceptors (Lipinski definition) is 6. The van der Waals surface area contributed by atoms with Gasteiger partial charge in [0, 0.05) is 24.7 Å². The summed E-state index contributed by atoms with van der Waals surface area (Å²) in [5.41, 5.74) is 0. The first-order valence-electron chi connectivity index (χ1n) is 7.01. The summed E-state index contributed by atoms with van der Waals surface area (Å²) < 4.78 is 16.4. The number of aliphatic hydroxyl groups excluding tert-OH is 1. The van der Waals surface area contributed by atoms with Crippen molar-refractivity contribution >= 4 is 16.6 Å². The minimum atomic E-state index is -0.162. The van der Waals surface area contributed by atoms with Crippen LogP contribution in [0.1, 0.15) is 0 Å². The lowest BCUT2D eigenvalue weighted by molar-refractivity contribution is 0.00344. The highest BCUT2D eigenvalue weighted by atomic mass is 16.7. The normalized spacial score (nSPS) is 21.0. The van der Waals surface area contributed by atoms with E-state index in [1.165, 1.54) is 0 Å². The van der Waals surface area contributed by atoms with Crippen molar-refractivity contribution in [2.24, 2.45) is 0 Å². The van der Waals surface area contributed by atoms with Gasteiger partial charge in [0.2, 0.25) is 6.79 Å². The summed E-state index contributed by atoms with van der Waals surface area (Å²) in [6.07, 6.45) is 1.63. The van der Waals surface area contributed by atoms with Crippen LogP contribution >= 0.6 is 0 Å². The second-order valence-electron chi connectivity index (χ2n) is 5.18. The van der Waals surface area contributed by atoms with E-state index in [-0.39, 0.29) is 19.5 Å². The number of fused-ring (bicyclic) bond motifs is 2. The maximum Gasteiger partial charge on any atom is 0.231 e. The Kier molecular flexibility index (Phi) is 3.05. The van der Waals surface area contributed by atoms with E-state index in [1.54, 1.807) is 6.20 Å². The number of aliphatic hydroxyl groups is 1. The van der Waals surface area contributed by atoms with Crippen molar-refractivity contribution in [1.82, 2.24) is 4.98 Å². The Morgan fingerprint density at radius 2 is 2.14 bits per heavy atom. The molecule has 1 aromatic heterocycles. The highest BCUT2D eigenvalue weighted by molar-refractivity contribution is 5.94. The summed E-state index contributed by atoms with van der Waals surface area (Å²) in [5.74, 6) is 2.42. The molecule has 4 rings (SSSR count). The van der Waals surface area contributed by atoms with Gasteiger partial charge in [-0.05, 0) is 23.6 Å². The molecule has 0 aliphatic carbocycles. The Hall–Kier alpha value is -2.05. The number of anilines is 1. The number of benzene rings is 1. The fourth-order valence-electron chi connectivity index (χ4n) is 2.82. The van der Waals surface area contributed by atoms with Crippen molar-refractivity contribution < 1.29 is 19.3 Å². The molecule has 1 fully saturated rings. The van der Waals surface area contributed by atoms with E-state index in [2.05, 4.69) is 9.88 Å². The van der Waals surface area contributed by atoms with Gasteiger partial charge in [0.15, 0.2) is 11.5 Å². The summed E-state index contributed by atoms with van der Waals surface area (Å²) in [5, 5.41) is 11.4. The Balaban J connectivity index is 1.78. The van der Waals surface area contributed by atoms with Crippen molar-refractivity contribution in [2.75, 3.05) is 38.0 Å². The van der Waals surface area contributed by atoms with Gasteiger partial charge < -0.3 is 24.2 Å². The molecule has 1 aromatic carbocycles. The van der Waals surface area contributed by atoms with Gasteiger partial charge in [0.05, 0.1) is 19.3 Å². The number of ether oxygens (including phenoxy) is 3. The molecule has 1 saturated heterocycles. The molecular formula is C15H16N2O4. The van der Waals surface area contributed by atoms with E-state index in [0.717, 1.165) is 34.6 Å². The van der Waals surface area contributed by atoms with E-state index < -0.39 is 0 Å². The molecule has 6 nitrogen and oxygen atoms in total. The third-order valence-corrected chi connectivity index (χ3v) is 3.88. The number of nitrogens with zero attached hydrogens (tertiary/aromatic N) is 2. The first kappa shape index (κ1) is 12.7. The minimum Gasteiger partial charge on any atom is -0.454 e. The van der Waals surface area contributed by atoms with Crippen LogP contribution in [0.5, 0.6) is 11.5 Å². The Morgan fingerprint density at radius 1 is 1.29 bits per heavy atom. The average Bonchev–Trinajstić information content (AvgIpc) is 2.99. The molecule has 0 amide bonds. The summed E-state index contributed by atoms with van der Waals surface area (Å²) in [6.45, 7) is 2.27. The fraction of sp³-hybridized carbons (Fsp3) is 0.400. The van der Waals surface area contributed by atoms with Gasteiger partial charge in [-0.1, -0.05) is 0 Å². The highest BCUT2D eigenvalue weighted by Gasteiger charge is 2.23. The molecule has 0 saturated carbocycles. The summed E-state index contributed by atoms with van der Waals surface area (Å²) in [6, 6.07) is 5.92. The number of morpholine rings is 1. The molecule has 2 aliphatic heterocycles. The minimum absolute atomic E-state index is 0.0214. The first-order chi connectivity index (χ1) is 10.3. The maximum atomic E-state index is 9.29. The second kappa shape index (κ2) is 5.05. The van der Waals surface area contributed by atoms with E-state index >= 15 is 0 Å². The monoisotopic (exact) mass is 288 g/mol. The van der Waals surface area contributed by atoms with Crippen LogP contribution < -0.4 is 14.4 Å². The summed E-state index contributed by atoms with van der Waals surface area (Å²) >= 11 is 0. The molecule has 3 heterocycles. The molecule has 2 aromatic rings. The molecule has 0 bridgehead atoms. The van der Waals surface area contributed by atoms with Crippen molar-refractivity contribution in [1.29, 1.82) is 0 Å². The molecular weight excluding hydrogens is 272 g/mol. The van der Waals surface area contributed by atoms with E-state index in [4.69, 9.17) is 14.2 Å². The van der Waals surface area contributed by atoms with Gasteiger partial charge in [-0.25, -0.2) is 4.98 Å². The van der Waals surface area contributed by atoms with Crippen LogP contribution in [0.4, 0.5) is 5.82 Å². The predicted octanol–water partition coefficient (Wildman–Crippen LogP) is 1.16. The largest absolute Gasteiger partial charge is 0.454 e. The van der Waals surface area contributed by atoms with Crippen LogP contribution in [0.25, 0.3) is 10.8 Å². The number of pyridine rings is 1. The summed E-state index contributed by atoms with van der Waals surface area (Å²) in [4.78, 5) is 6.66. The third-order valence-electron chi connectivity index (χ3n) is 3.88. The first-order valence-corrected chi connectivity index (χ1v) is 7.01. The lowest BCUT2D eigenvalue weighted by Crippen LogP contribution is -2.44. The zero-order valence-corrected chi connectivity index (χ0v) is 11.5. The molecule has 1 unspecified atom stereocenters. The van der Waals surface area contributed by atoms with Gasteiger partial charge in [-0.2, -0.15) is 0 Å². The molecule has 6 heteroatoms. The van der Waals surface area contributed by atoms with Crippen molar-refractivity contribution in [3.8, 4) is 11.5 Å². The maximum absolute atomic E-state index is 9.29. The molecule has 110 valence electrons. The summed E-state index contributed by atoms with van der Waals surface area (Å²) in [7, 11) is 0. The Morgan fingerprint density at radius 3 is 3.00 bits per heavy atom. The molecule has 21 heavy (non-hydrogen) atoms. The Labute approximate surface area is 121 Å². The second-order valence-corrected chi connectivity index (χ2v) is 5.18. The topological polar surface area (TPSA) is 64.1 Å². The van der Waals surface area contributed by atoms with Crippen molar-refractivity contribution in [3.63, 3.8) is 0 Å². The van der Waals surface area contributed by atoms with Crippen molar-refractivity contribution in [2.45, 2.75) is 6.10 Å². The average molecular weight is 288 g/mol. The number of rotatable bonds is 2. The van der Waals surface area contributed by atoms with Gasteiger partial charge in [-0.15, -0.1) is 0 Å². The molecule has 1 atom stereocenters. The lowest BCUT2D eigenvalue weighted by Gasteiger charge is -2.33. The zero-order chi connectivity index (χ0) is 14.2. The van der Waals surface area contributed by atoms with Gasteiger partial charge in [-0.3, -0.25) is 0 Å². The SMILES string of the molecule is OCC1CN(c2nccc3cc4c(cc23)OCO4)CCO1. The van der Waals surface area contributed by atoms with Crippen LogP contribution in [0, 0.1) is 0 Å². The molecule has 2 aliphatic rings. The van der Waals surface area contributed by atoms with Crippen LogP contribution in [-0.4, -0.2) is 49.3 Å². The van der Waals surface area contributed by atoms with Crippen molar-refractivity contribution in [3.05, 3.63) is 24.4 Å². The third kappa shape index (κ3) is 2.16. The standard InChI is InChI=1S/C15H16N2O4/c18-8-11-7-17(3-4-19-11)15-12-6-14-13(20-9-21-14)5-10(12)1-2-16-15/h1-2,5-6,11,18H,3-4,7-9H2. The van der Waals surface area contributed by atoms with E-state index in [0.29, 0.717) is 13.2 Å². The molecule has 0 radical (unpaired) electrons. The van der Waals surface area contributed by atoms with Gasteiger partial charge >= 0.3 is 0 Å². The van der Waals surface area contributed by atoms with Crippen LogP contribution in [0.2, 0.25) is 0 Å². The van der Waals surface area contributed by atoms with E-state index in [9.17, 15) is 5.11 Å². The smallest absolute Gasteiger partial charge is 0.231 e. The quantitative estimate of drug-likeness (QED) is 0.894. The number of hydrogen-bond donors (Lipinski definition) is 1.